The zero-order valence-corrected chi connectivity index (χ0v) is 17.5. The number of hydrogen-bond donors (Lipinski definition) is 1. The maximum Gasteiger partial charge on any atom is 0.416 e. The first-order chi connectivity index (χ1) is 14.6. The number of alkyl halides is 3. The average Bonchev–Trinajstić information content (AvgIpc) is 2.95. The van der Waals surface area contributed by atoms with Crippen molar-refractivity contribution >= 4 is 46.3 Å². The van der Waals surface area contributed by atoms with Crippen molar-refractivity contribution in [1.29, 1.82) is 0 Å². The predicted molar refractivity (Wildman–Crippen MR) is 115 cm³/mol. The smallest absolute Gasteiger partial charge is 0.416 e. The van der Waals surface area contributed by atoms with Crippen LogP contribution in [-0.2, 0) is 15.8 Å². The number of amides is 1. The van der Waals surface area contributed by atoms with Crippen LogP contribution < -0.4 is 4.74 Å². The first kappa shape index (κ1) is 22.8. The van der Waals surface area contributed by atoms with Gasteiger partial charge in [-0.05, 0) is 48.4 Å². The van der Waals surface area contributed by atoms with Gasteiger partial charge in [0.25, 0.3) is 5.91 Å². The van der Waals surface area contributed by atoms with Crippen LogP contribution in [0.5, 0.6) is 11.5 Å². The van der Waals surface area contributed by atoms with Gasteiger partial charge in [-0.2, -0.15) is 13.2 Å². The molecule has 2 aromatic carbocycles. The molecule has 5 nitrogen and oxygen atoms in total. The zero-order valence-electron chi connectivity index (χ0n) is 15.9. The molecule has 1 saturated heterocycles. The minimum absolute atomic E-state index is 0.0386. The number of rotatable bonds is 7. The largest absolute Gasteiger partial charge is 0.481 e. The molecule has 0 aliphatic carbocycles. The highest BCUT2D eigenvalue weighted by atomic mass is 32.2. The molecule has 10 heteroatoms. The van der Waals surface area contributed by atoms with Gasteiger partial charge in [0.05, 0.1) is 10.5 Å². The van der Waals surface area contributed by atoms with Crippen molar-refractivity contribution in [2.24, 2.45) is 0 Å². The SMILES string of the molecule is O=C(O)CCCN1C(=O)C(=Cc2cccc(Oc3cccc(C(F)(F)F)c3)c2)SC1=S. The highest BCUT2D eigenvalue weighted by Crippen LogP contribution is 2.35. The number of carboxylic acid groups (broad SMARTS) is 1. The molecule has 1 heterocycles. The lowest BCUT2D eigenvalue weighted by molar-refractivity contribution is -0.138. The molecule has 162 valence electrons. The van der Waals surface area contributed by atoms with E-state index in [-0.39, 0.29) is 31.0 Å². The van der Waals surface area contributed by atoms with E-state index in [9.17, 15) is 22.8 Å². The monoisotopic (exact) mass is 467 g/mol. The third-order valence-corrected chi connectivity index (χ3v) is 5.58. The number of nitrogens with zero attached hydrogens (tertiary/aromatic N) is 1. The number of ether oxygens (including phenoxy) is 1. The van der Waals surface area contributed by atoms with Crippen LogP contribution in [0.15, 0.2) is 53.4 Å². The van der Waals surface area contributed by atoms with Crippen LogP contribution in [0.1, 0.15) is 24.0 Å². The Hall–Kier alpha value is -2.85. The summed E-state index contributed by atoms with van der Waals surface area (Å²) < 4.78 is 44.5. The van der Waals surface area contributed by atoms with Gasteiger partial charge >= 0.3 is 12.1 Å². The van der Waals surface area contributed by atoms with Crippen LogP contribution in [-0.4, -0.2) is 32.7 Å². The Bertz CT molecular complexity index is 1050. The predicted octanol–water partition coefficient (Wildman–Crippen LogP) is 5.56. The Morgan fingerprint density at radius 2 is 1.84 bits per heavy atom. The van der Waals surface area contributed by atoms with Crippen molar-refractivity contribution in [2.45, 2.75) is 19.0 Å². The van der Waals surface area contributed by atoms with E-state index in [1.165, 1.54) is 17.0 Å². The number of hydrogen-bond acceptors (Lipinski definition) is 5. The fourth-order valence-corrected chi connectivity index (χ4v) is 4.08. The van der Waals surface area contributed by atoms with E-state index >= 15 is 0 Å². The Kier molecular flexibility index (Phi) is 7.01. The summed E-state index contributed by atoms with van der Waals surface area (Å²) in [6.07, 6.45) is -2.64. The molecule has 2 aromatic rings. The lowest BCUT2D eigenvalue weighted by atomic mass is 10.2. The normalized spacial score (nSPS) is 15.6. The number of carbonyl (C=O) groups excluding carboxylic acids is 1. The molecule has 1 aliphatic rings. The van der Waals surface area contributed by atoms with Gasteiger partial charge in [-0.3, -0.25) is 14.5 Å². The van der Waals surface area contributed by atoms with E-state index in [1.807, 2.05) is 0 Å². The first-order valence-corrected chi connectivity index (χ1v) is 10.3. The van der Waals surface area contributed by atoms with Gasteiger partial charge in [-0.15, -0.1) is 0 Å². The standard InChI is InChI=1S/C21H16F3NO4S2/c22-21(23,24)14-5-2-7-16(12-14)29-15-6-1-4-13(10-15)11-17-19(28)25(20(30)31-17)9-3-8-18(26)27/h1-2,4-7,10-12H,3,8-9H2,(H,26,27). The maximum atomic E-state index is 12.9. The Morgan fingerprint density at radius 3 is 2.52 bits per heavy atom. The summed E-state index contributed by atoms with van der Waals surface area (Å²) in [5, 5.41) is 8.73. The van der Waals surface area contributed by atoms with Crippen molar-refractivity contribution in [3.8, 4) is 11.5 Å². The molecule has 0 radical (unpaired) electrons. The number of aliphatic carboxylic acids is 1. The van der Waals surface area contributed by atoms with Crippen LogP contribution >= 0.6 is 24.0 Å². The summed E-state index contributed by atoms with van der Waals surface area (Å²) in [7, 11) is 0. The highest BCUT2D eigenvalue weighted by molar-refractivity contribution is 8.26. The van der Waals surface area contributed by atoms with E-state index in [2.05, 4.69) is 0 Å². The second kappa shape index (κ2) is 9.52. The summed E-state index contributed by atoms with van der Waals surface area (Å²) in [5.41, 5.74) is -0.205. The van der Waals surface area contributed by atoms with Crippen LogP contribution in [0.2, 0.25) is 0 Å². The van der Waals surface area contributed by atoms with Crippen LogP contribution in [0, 0.1) is 0 Å². The molecule has 1 fully saturated rings. The van der Waals surface area contributed by atoms with E-state index < -0.39 is 17.7 Å². The van der Waals surface area contributed by atoms with Crippen LogP contribution in [0.4, 0.5) is 13.2 Å². The summed E-state index contributed by atoms with van der Waals surface area (Å²) in [6.45, 7) is 0.215. The van der Waals surface area contributed by atoms with Crippen molar-refractivity contribution in [2.75, 3.05) is 6.54 Å². The molecule has 0 spiro atoms. The average molecular weight is 467 g/mol. The minimum Gasteiger partial charge on any atom is -0.481 e. The first-order valence-electron chi connectivity index (χ1n) is 9.06. The zero-order chi connectivity index (χ0) is 22.6. The molecule has 0 unspecified atom stereocenters. The second-order valence-electron chi connectivity index (χ2n) is 6.53. The summed E-state index contributed by atoms with van der Waals surface area (Å²) in [4.78, 5) is 24.9. The number of carbonyl (C=O) groups is 2. The number of carboxylic acids is 1. The van der Waals surface area contributed by atoms with Gasteiger partial charge in [0.2, 0.25) is 0 Å². The molecule has 0 aromatic heterocycles. The van der Waals surface area contributed by atoms with Crippen molar-refractivity contribution in [3.63, 3.8) is 0 Å². The quantitative estimate of drug-likeness (QED) is 0.425. The lowest BCUT2D eigenvalue weighted by Crippen LogP contribution is -2.29. The van der Waals surface area contributed by atoms with Crippen molar-refractivity contribution < 1.29 is 32.6 Å². The molecule has 1 N–H and O–H groups in total. The van der Waals surface area contributed by atoms with E-state index in [0.717, 1.165) is 23.9 Å². The van der Waals surface area contributed by atoms with Gasteiger partial charge in [0, 0.05) is 13.0 Å². The van der Waals surface area contributed by atoms with Gasteiger partial charge in [-0.25, -0.2) is 0 Å². The fourth-order valence-electron chi connectivity index (χ4n) is 2.77. The van der Waals surface area contributed by atoms with E-state index in [0.29, 0.717) is 20.5 Å². The molecule has 0 bridgehead atoms. The second-order valence-corrected chi connectivity index (χ2v) is 8.21. The Labute approximate surface area is 185 Å². The molecule has 3 rings (SSSR count). The number of thioether (sulfide) groups is 1. The summed E-state index contributed by atoms with van der Waals surface area (Å²) in [6, 6.07) is 11.1. The fraction of sp³-hybridized carbons (Fsp3) is 0.190. The van der Waals surface area contributed by atoms with Crippen LogP contribution in [0.3, 0.4) is 0 Å². The Balaban J connectivity index is 1.73. The minimum atomic E-state index is -4.47. The van der Waals surface area contributed by atoms with Gasteiger partial charge in [-0.1, -0.05) is 42.2 Å². The van der Waals surface area contributed by atoms with E-state index in [4.69, 9.17) is 22.1 Å². The van der Waals surface area contributed by atoms with Gasteiger partial charge in [0.15, 0.2) is 0 Å². The lowest BCUT2D eigenvalue weighted by Gasteiger charge is -2.13. The Morgan fingerprint density at radius 1 is 1.16 bits per heavy atom. The van der Waals surface area contributed by atoms with Crippen LogP contribution in [0.25, 0.3) is 6.08 Å². The molecule has 0 saturated carbocycles. The molecular formula is C21H16F3NO4S2. The highest BCUT2D eigenvalue weighted by Gasteiger charge is 2.32. The molecule has 1 aliphatic heterocycles. The summed E-state index contributed by atoms with van der Waals surface area (Å²) >= 11 is 6.31. The third-order valence-electron chi connectivity index (χ3n) is 4.20. The maximum absolute atomic E-state index is 12.9. The molecule has 0 atom stereocenters. The van der Waals surface area contributed by atoms with Crippen molar-refractivity contribution in [1.82, 2.24) is 4.90 Å². The molecular weight excluding hydrogens is 451 g/mol. The number of benzene rings is 2. The number of thiocarbonyl (C=S) groups is 1. The molecule has 1 amide bonds. The van der Waals surface area contributed by atoms with E-state index in [1.54, 1.807) is 30.3 Å². The summed E-state index contributed by atoms with van der Waals surface area (Å²) in [5.74, 6) is -0.912. The van der Waals surface area contributed by atoms with Gasteiger partial charge in [0.1, 0.15) is 15.8 Å². The van der Waals surface area contributed by atoms with Crippen molar-refractivity contribution in [3.05, 3.63) is 64.6 Å². The third kappa shape index (κ3) is 6.08. The van der Waals surface area contributed by atoms with Gasteiger partial charge < -0.3 is 9.84 Å². The number of halogens is 3. The topological polar surface area (TPSA) is 66.8 Å². The molecule has 31 heavy (non-hydrogen) atoms.